The predicted octanol–water partition coefficient (Wildman–Crippen LogP) is 2.47. The van der Waals surface area contributed by atoms with Gasteiger partial charge in [0.15, 0.2) is 0 Å². The van der Waals surface area contributed by atoms with Crippen LogP contribution in [0.3, 0.4) is 0 Å². The molecule has 0 N–H and O–H groups in total. The topological polar surface area (TPSA) is 35.5 Å². The second-order valence-electron chi connectivity index (χ2n) is 3.97. The molecule has 4 heteroatoms. The Labute approximate surface area is 94.2 Å². The van der Waals surface area contributed by atoms with Gasteiger partial charge in [-0.15, -0.1) is 11.8 Å². The Kier molecular flexibility index (Phi) is 3.24. The van der Waals surface area contributed by atoms with Crippen LogP contribution in [0.5, 0.6) is 0 Å². The summed E-state index contributed by atoms with van der Waals surface area (Å²) >= 11 is 1.64. The summed E-state index contributed by atoms with van der Waals surface area (Å²) in [7, 11) is 1.41. The molecule has 1 heterocycles. The summed E-state index contributed by atoms with van der Waals surface area (Å²) in [4.78, 5) is 12.1. The number of esters is 1. The SMILES string of the molecule is COC(=O)C1=C(C)O[C@H]2CCCC[C@@H]2S1. The van der Waals surface area contributed by atoms with E-state index < -0.39 is 0 Å². The zero-order valence-corrected chi connectivity index (χ0v) is 9.93. The van der Waals surface area contributed by atoms with Crippen LogP contribution in [0.1, 0.15) is 32.6 Å². The first kappa shape index (κ1) is 10.9. The van der Waals surface area contributed by atoms with Gasteiger partial charge in [-0.25, -0.2) is 4.79 Å². The average Bonchev–Trinajstić information content (AvgIpc) is 2.27. The number of allylic oxidation sites excluding steroid dienone is 1. The highest BCUT2D eigenvalue weighted by atomic mass is 32.2. The molecule has 2 aliphatic rings. The van der Waals surface area contributed by atoms with Crippen LogP contribution in [0.25, 0.3) is 0 Å². The molecule has 0 amide bonds. The van der Waals surface area contributed by atoms with E-state index >= 15 is 0 Å². The molecule has 84 valence electrons. The summed E-state index contributed by atoms with van der Waals surface area (Å²) in [5.74, 6) is 0.469. The minimum Gasteiger partial charge on any atom is -0.492 e. The molecule has 1 aliphatic carbocycles. The monoisotopic (exact) mass is 228 g/mol. The molecule has 3 nitrogen and oxygen atoms in total. The minimum atomic E-state index is -0.262. The lowest BCUT2D eigenvalue weighted by atomic mass is 9.97. The highest BCUT2D eigenvalue weighted by molar-refractivity contribution is 8.04. The largest absolute Gasteiger partial charge is 0.492 e. The number of carbonyl (C=O) groups excluding carboxylic acids is 1. The molecule has 15 heavy (non-hydrogen) atoms. The fraction of sp³-hybridized carbons (Fsp3) is 0.727. The lowest BCUT2D eigenvalue weighted by Crippen LogP contribution is -2.34. The lowest BCUT2D eigenvalue weighted by molar-refractivity contribution is -0.135. The van der Waals surface area contributed by atoms with Crippen LogP contribution in [-0.2, 0) is 14.3 Å². The molecule has 0 spiro atoms. The maximum atomic E-state index is 11.5. The molecule has 0 unspecified atom stereocenters. The second kappa shape index (κ2) is 4.47. The van der Waals surface area contributed by atoms with Gasteiger partial charge in [-0.1, -0.05) is 6.42 Å². The second-order valence-corrected chi connectivity index (χ2v) is 5.22. The van der Waals surface area contributed by atoms with Crippen LogP contribution in [0.15, 0.2) is 10.7 Å². The Bertz CT molecular complexity index is 298. The molecular weight excluding hydrogens is 212 g/mol. The lowest BCUT2D eigenvalue weighted by Gasteiger charge is -2.36. The average molecular weight is 228 g/mol. The van der Waals surface area contributed by atoms with Gasteiger partial charge in [-0.2, -0.15) is 0 Å². The standard InChI is InChI=1S/C11H16O3S/c1-7-10(11(12)13-2)15-9-6-4-3-5-8(9)14-7/h8-9H,3-6H2,1-2H3/t8-,9-/m0/s1. The van der Waals surface area contributed by atoms with Gasteiger partial charge in [-0.05, 0) is 26.2 Å². The highest BCUT2D eigenvalue weighted by Crippen LogP contribution is 2.41. The third kappa shape index (κ3) is 2.14. The van der Waals surface area contributed by atoms with Crippen molar-refractivity contribution in [2.24, 2.45) is 0 Å². The van der Waals surface area contributed by atoms with Crippen LogP contribution in [0.4, 0.5) is 0 Å². The van der Waals surface area contributed by atoms with Gasteiger partial charge >= 0.3 is 5.97 Å². The number of methoxy groups -OCH3 is 1. The Morgan fingerprint density at radius 3 is 2.93 bits per heavy atom. The van der Waals surface area contributed by atoms with E-state index in [1.54, 1.807) is 11.8 Å². The fourth-order valence-electron chi connectivity index (χ4n) is 2.13. The molecule has 1 saturated carbocycles. The summed E-state index contributed by atoms with van der Waals surface area (Å²) in [6.45, 7) is 1.85. The summed E-state index contributed by atoms with van der Waals surface area (Å²) in [6.07, 6.45) is 5.04. The van der Waals surface area contributed by atoms with E-state index in [1.165, 1.54) is 20.0 Å². The van der Waals surface area contributed by atoms with Gasteiger partial charge in [0.2, 0.25) is 0 Å². The highest BCUT2D eigenvalue weighted by Gasteiger charge is 2.35. The van der Waals surface area contributed by atoms with E-state index in [4.69, 9.17) is 9.47 Å². The number of thioether (sulfide) groups is 1. The third-order valence-electron chi connectivity index (χ3n) is 2.93. The Morgan fingerprint density at radius 2 is 2.20 bits per heavy atom. The number of fused-ring (bicyclic) bond motifs is 1. The molecule has 0 radical (unpaired) electrons. The summed E-state index contributed by atoms with van der Waals surface area (Å²) in [5, 5.41) is 0.441. The molecule has 2 atom stereocenters. The summed E-state index contributed by atoms with van der Waals surface area (Å²) in [5.41, 5.74) is 0. The first-order chi connectivity index (χ1) is 7.22. The molecule has 0 saturated heterocycles. The molecule has 1 fully saturated rings. The van der Waals surface area contributed by atoms with Crippen molar-refractivity contribution in [3.05, 3.63) is 10.7 Å². The first-order valence-electron chi connectivity index (χ1n) is 5.35. The quantitative estimate of drug-likeness (QED) is 0.646. The Balaban J connectivity index is 2.15. The van der Waals surface area contributed by atoms with Crippen LogP contribution >= 0.6 is 11.8 Å². The molecule has 0 aromatic rings. The van der Waals surface area contributed by atoms with Crippen LogP contribution < -0.4 is 0 Å². The van der Waals surface area contributed by atoms with Gasteiger partial charge in [0.05, 0.1) is 7.11 Å². The van der Waals surface area contributed by atoms with Crippen LogP contribution in [0.2, 0.25) is 0 Å². The summed E-state index contributed by atoms with van der Waals surface area (Å²) in [6, 6.07) is 0. The van der Waals surface area contributed by atoms with Gasteiger partial charge < -0.3 is 9.47 Å². The van der Waals surface area contributed by atoms with Crippen LogP contribution in [0, 0.1) is 0 Å². The maximum Gasteiger partial charge on any atom is 0.347 e. The minimum absolute atomic E-state index is 0.262. The number of hydrogen-bond donors (Lipinski definition) is 0. The third-order valence-corrected chi connectivity index (χ3v) is 4.46. The Morgan fingerprint density at radius 1 is 1.47 bits per heavy atom. The van der Waals surface area contributed by atoms with E-state index in [0.29, 0.717) is 16.3 Å². The summed E-state index contributed by atoms with van der Waals surface area (Å²) < 4.78 is 10.5. The molecular formula is C11H16O3S. The zero-order chi connectivity index (χ0) is 10.8. The fourth-order valence-corrected chi connectivity index (χ4v) is 3.46. The van der Waals surface area contributed by atoms with E-state index in [-0.39, 0.29) is 5.97 Å². The number of carbonyl (C=O) groups is 1. The van der Waals surface area contributed by atoms with Gasteiger partial charge in [0, 0.05) is 5.25 Å². The van der Waals surface area contributed by atoms with E-state index in [1.807, 2.05) is 6.92 Å². The van der Waals surface area contributed by atoms with E-state index in [2.05, 4.69) is 0 Å². The van der Waals surface area contributed by atoms with Crippen molar-refractivity contribution in [3.63, 3.8) is 0 Å². The van der Waals surface area contributed by atoms with Crippen molar-refractivity contribution in [2.45, 2.75) is 44.0 Å². The first-order valence-corrected chi connectivity index (χ1v) is 6.23. The van der Waals surface area contributed by atoms with Crippen molar-refractivity contribution >= 4 is 17.7 Å². The van der Waals surface area contributed by atoms with Gasteiger partial charge in [0.25, 0.3) is 0 Å². The van der Waals surface area contributed by atoms with Crippen molar-refractivity contribution < 1.29 is 14.3 Å². The molecule has 0 bridgehead atoms. The smallest absolute Gasteiger partial charge is 0.347 e. The predicted molar refractivity (Wildman–Crippen MR) is 59.4 cm³/mol. The normalized spacial score (nSPS) is 30.5. The molecule has 0 aromatic carbocycles. The van der Waals surface area contributed by atoms with Crippen molar-refractivity contribution in [1.82, 2.24) is 0 Å². The van der Waals surface area contributed by atoms with Gasteiger partial charge in [-0.3, -0.25) is 0 Å². The molecule has 0 aromatic heterocycles. The zero-order valence-electron chi connectivity index (χ0n) is 9.12. The number of rotatable bonds is 1. The van der Waals surface area contributed by atoms with Crippen molar-refractivity contribution in [2.75, 3.05) is 7.11 Å². The van der Waals surface area contributed by atoms with E-state index in [9.17, 15) is 4.79 Å². The van der Waals surface area contributed by atoms with Gasteiger partial charge in [0.1, 0.15) is 16.8 Å². The Hall–Kier alpha value is -0.640. The molecule has 1 aliphatic heterocycles. The number of hydrogen-bond acceptors (Lipinski definition) is 4. The van der Waals surface area contributed by atoms with E-state index in [0.717, 1.165) is 18.6 Å². The van der Waals surface area contributed by atoms with Crippen molar-refractivity contribution in [3.8, 4) is 0 Å². The van der Waals surface area contributed by atoms with Crippen molar-refractivity contribution in [1.29, 1.82) is 0 Å². The molecule has 2 rings (SSSR count). The maximum absolute atomic E-state index is 11.5. The number of ether oxygens (including phenoxy) is 2. The van der Waals surface area contributed by atoms with Crippen LogP contribution in [-0.4, -0.2) is 24.4 Å².